The number of fused-ring (bicyclic) bond motifs is 3. The summed E-state index contributed by atoms with van der Waals surface area (Å²) in [4.78, 5) is 2.74. The van der Waals surface area contributed by atoms with E-state index in [9.17, 15) is 0 Å². The first kappa shape index (κ1) is 11.4. The van der Waals surface area contributed by atoms with E-state index < -0.39 is 0 Å². The lowest BCUT2D eigenvalue weighted by Crippen LogP contribution is -2.38. The standard InChI is InChI=1S/C13H14O2S2/c1-13(12(14-2)15-3)8-4-6-16-10(8)11-9(13)5-7-17-11/h4-7,12H,1-3H3. The van der Waals surface area contributed by atoms with Crippen LogP contribution < -0.4 is 0 Å². The Morgan fingerprint density at radius 2 is 1.47 bits per heavy atom. The van der Waals surface area contributed by atoms with Gasteiger partial charge in [0.15, 0.2) is 6.29 Å². The minimum atomic E-state index is -0.244. The van der Waals surface area contributed by atoms with E-state index in [1.54, 1.807) is 36.9 Å². The summed E-state index contributed by atoms with van der Waals surface area (Å²) in [6.07, 6.45) is -0.244. The largest absolute Gasteiger partial charge is 0.355 e. The van der Waals surface area contributed by atoms with E-state index in [-0.39, 0.29) is 11.7 Å². The first-order valence-electron chi connectivity index (χ1n) is 5.45. The highest BCUT2D eigenvalue weighted by molar-refractivity contribution is 7.21. The van der Waals surface area contributed by atoms with Gasteiger partial charge in [0.05, 0.1) is 5.41 Å². The summed E-state index contributed by atoms with van der Waals surface area (Å²) in [6, 6.07) is 4.38. The van der Waals surface area contributed by atoms with Crippen molar-refractivity contribution in [2.75, 3.05) is 14.2 Å². The Morgan fingerprint density at radius 3 is 1.88 bits per heavy atom. The summed E-state index contributed by atoms with van der Waals surface area (Å²) in [5, 5.41) is 4.29. The molecule has 0 spiro atoms. The van der Waals surface area contributed by atoms with Crippen LogP contribution in [0.25, 0.3) is 9.75 Å². The Bertz CT molecular complexity index is 497. The molecule has 0 radical (unpaired) electrons. The molecule has 2 aromatic rings. The molecule has 0 unspecified atom stereocenters. The molecule has 0 amide bonds. The molecule has 0 saturated heterocycles. The van der Waals surface area contributed by atoms with Crippen LogP contribution in [0.4, 0.5) is 0 Å². The molecule has 3 rings (SSSR count). The third kappa shape index (κ3) is 1.32. The van der Waals surface area contributed by atoms with E-state index in [0.29, 0.717) is 0 Å². The Balaban J connectivity index is 2.25. The summed E-state index contributed by atoms with van der Waals surface area (Å²) in [6.45, 7) is 2.20. The van der Waals surface area contributed by atoms with Crippen molar-refractivity contribution in [3.63, 3.8) is 0 Å². The van der Waals surface area contributed by atoms with Crippen LogP contribution in [0.15, 0.2) is 22.9 Å². The van der Waals surface area contributed by atoms with Crippen molar-refractivity contribution in [3.8, 4) is 9.75 Å². The molecular formula is C13H14O2S2. The number of hydrogen-bond acceptors (Lipinski definition) is 4. The van der Waals surface area contributed by atoms with Crippen LogP contribution in [0.1, 0.15) is 18.1 Å². The first-order valence-corrected chi connectivity index (χ1v) is 7.21. The van der Waals surface area contributed by atoms with Gasteiger partial charge in [-0.25, -0.2) is 0 Å². The van der Waals surface area contributed by atoms with Gasteiger partial charge in [-0.05, 0) is 40.9 Å². The fourth-order valence-electron chi connectivity index (χ4n) is 2.75. The van der Waals surface area contributed by atoms with Gasteiger partial charge in [-0.2, -0.15) is 0 Å². The van der Waals surface area contributed by atoms with Crippen LogP contribution in [0.5, 0.6) is 0 Å². The normalized spacial score (nSPS) is 16.2. The van der Waals surface area contributed by atoms with E-state index in [1.165, 1.54) is 20.9 Å². The van der Waals surface area contributed by atoms with Gasteiger partial charge < -0.3 is 9.47 Å². The van der Waals surface area contributed by atoms with Crippen LogP contribution in [0.2, 0.25) is 0 Å². The van der Waals surface area contributed by atoms with Gasteiger partial charge in [-0.15, -0.1) is 22.7 Å². The van der Waals surface area contributed by atoms with E-state index in [1.807, 2.05) is 0 Å². The zero-order valence-corrected chi connectivity index (χ0v) is 11.7. The zero-order valence-electron chi connectivity index (χ0n) is 10.0. The fourth-order valence-corrected chi connectivity index (χ4v) is 4.97. The highest BCUT2D eigenvalue weighted by Crippen LogP contribution is 2.55. The molecule has 1 aliphatic carbocycles. The maximum atomic E-state index is 5.53. The average Bonchev–Trinajstić information content (AvgIpc) is 3.00. The molecule has 2 aromatic heterocycles. The van der Waals surface area contributed by atoms with Crippen molar-refractivity contribution in [1.29, 1.82) is 0 Å². The molecule has 0 saturated carbocycles. The van der Waals surface area contributed by atoms with Crippen LogP contribution in [0, 0.1) is 0 Å². The summed E-state index contributed by atoms with van der Waals surface area (Å²) < 4.78 is 11.1. The van der Waals surface area contributed by atoms with E-state index in [2.05, 4.69) is 29.8 Å². The van der Waals surface area contributed by atoms with Crippen molar-refractivity contribution in [2.45, 2.75) is 18.6 Å². The predicted molar refractivity (Wildman–Crippen MR) is 71.9 cm³/mol. The van der Waals surface area contributed by atoms with Gasteiger partial charge in [0.2, 0.25) is 0 Å². The topological polar surface area (TPSA) is 18.5 Å². The maximum absolute atomic E-state index is 5.53. The first-order chi connectivity index (χ1) is 8.23. The monoisotopic (exact) mass is 266 g/mol. The number of hydrogen-bond donors (Lipinski definition) is 0. The second-order valence-electron chi connectivity index (χ2n) is 4.33. The van der Waals surface area contributed by atoms with Crippen LogP contribution >= 0.6 is 22.7 Å². The minimum absolute atomic E-state index is 0.186. The van der Waals surface area contributed by atoms with Gasteiger partial charge in [0, 0.05) is 24.0 Å². The summed E-state index contributed by atoms with van der Waals surface area (Å²) >= 11 is 3.60. The third-order valence-electron chi connectivity index (χ3n) is 3.56. The summed E-state index contributed by atoms with van der Waals surface area (Å²) in [7, 11) is 3.41. The molecule has 17 heavy (non-hydrogen) atoms. The molecular weight excluding hydrogens is 252 g/mol. The van der Waals surface area contributed by atoms with E-state index >= 15 is 0 Å². The Morgan fingerprint density at radius 1 is 1.00 bits per heavy atom. The SMILES string of the molecule is COC(OC)C1(C)c2ccsc2-c2sccc21. The smallest absolute Gasteiger partial charge is 0.170 e. The fraction of sp³-hybridized carbons (Fsp3) is 0.385. The van der Waals surface area contributed by atoms with Crippen molar-refractivity contribution in [2.24, 2.45) is 0 Å². The quantitative estimate of drug-likeness (QED) is 0.788. The Hall–Kier alpha value is -0.680. The summed E-state index contributed by atoms with van der Waals surface area (Å²) in [5.74, 6) is 0. The van der Waals surface area contributed by atoms with Gasteiger partial charge in [-0.3, -0.25) is 0 Å². The zero-order chi connectivity index (χ0) is 12.0. The molecule has 0 bridgehead atoms. The lowest BCUT2D eigenvalue weighted by atomic mass is 9.81. The second-order valence-corrected chi connectivity index (χ2v) is 6.16. The Labute approximate surface area is 109 Å². The third-order valence-corrected chi connectivity index (χ3v) is 5.55. The molecule has 4 heteroatoms. The van der Waals surface area contributed by atoms with Gasteiger partial charge in [-0.1, -0.05) is 0 Å². The molecule has 0 N–H and O–H groups in total. The lowest BCUT2D eigenvalue weighted by molar-refractivity contribution is -0.134. The van der Waals surface area contributed by atoms with E-state index in [4.69, 9.17) is 9.47 Å². The van der Waals surface area contributed by atoms with Gasteiger partial charge in [0.1, 0.15) is 0 Å². The van der Waals surface area contributed by atoms with Crippen LogP contribution in [-0.4, -0.2) is 20.5 Å². The highest BCUT2D eigenvalue weighted by Gasteiger charge is 2.47. The van der Waals surface area contributed by atoms with Crippen molar-refractivity contribution < 1.29 is 9.47 Å². The molecule has 0 aromatic carbocycles. The number of thiophene rings is 2. The Kier molecular flexibility index (Phi) is 2.63. The molecule has 2 heterocycles. The number of methoxy groups -OCH3 is 2. The van der Waals surface area contributed by atoms with Crippen molar-refractivity contribution in [1.82, 2.24) is 0 Å². The molecule has 90 valence electrons. The molecule has 0 fully saturated rings. The molecule has 0 atom stereocenters. The lowest BCUT2D eigenvalue weighted by Gasteiger charge is -2.32. The van der Waals surface area contributed by atoms with Crippen LogP contribution in [0.3, 0.4) is 0 Å². The number of ether oxygens (including phenoxy) is 2. The number of rotatable bonds is 3. The summed E-state index contributed by atoms with van der Waals surface area (Å²) in [5.41, 5.74) is 2.48. The average molecular weight is 266 g/mol. The second kappa shape index (κ2) is 3.92. The predicted octanol–water partition coefficient (Wildman–Crippen LogP) is 3.71. The van der Waals surface area contributed by atoms with Crippen molar-refractivity contribution >= 4 is 22.7 Å². The van der Waals surface area contributed by atoms with Crippen LogP contribution in [-0.2, 0) is 14.9 Å². The highest BCUT2D eigenvalue weighted by atomic mass is 32.1. The maximum Gasteiger partial charge on any atom is 0.170 e. The molecule has 1 aliphatic rings. The minimum Gasteiger partial charge on any atom is -0.355 e. The van der Waals surface area contributed by atoms with Crippen molar-refractivity contribution in [3.05, 3.63) is 34.0 Å². The van der Waals surface area contributed by atoms with Gasteiger partial charge >= 0.3 is 0 Å². The molecule has 2 nitrogen and oxygen atoms in total. The van der Waals surface area contributed by atoms with E-state index in [0.717, 1.165) is 0 Å². The van der Waals surface area contributed by atoms with Gasteiger partial charge in [0.25, 0.3) is 0 Å². The molecule has 0 aliphatic heterocycles.